The Morgan fingerprint density at radius 2 is 1.63 bits per heavy atom. The highest BCUT2D eigenvalue weighted by Gasteiger charge is 2.05. The van der Waals surface area contributed by atoms with Crippen LogP contribution in [0.3, 0.4) is 0 Å². The number of methoxy groups -OCH3 is 1. The number of para-hydroxylation sites is 1. The normalized spacial score (nSPS) is 10.1. The summed E-state index contributed by atoms with van der Waals surface area (Å²) in [7, 11) is 1.64. The maximum atomic E-state index is 5.81. The second-order valence-electron chi connectivity index (χ2n) is 5.88. The molecule has 0 aromatic heterocycles. The molecule has 0 amide bonds. The van der Waals surface area contributed by atoms with Crippen LogP contribution in [0.5, 0.6) is 23.0 Å². The van der Waals surface area contributed by atoms with Crippen molar-refractivity contribution < 1.29 is 14.2 Å². The minimum atomic E-state index is 0.450. The maximum Gasteiger partial charge on any atom is 0.161 e. The van der Waals surface area contributed by atoms with Gasteiger partial charge >= 0.3 is 0 Å². The molecule has 3 rings (SSSR count). The number of nitrogens with one attached hydrogen (secondary N) is 1. The van der Waals surface area contributed by atoms with E-state index in [1.54, 1.807) is 13.2 Å². The fourth-order valence-electron chi connectivity index (χ4n) is 2.56. The number of hydrogen-bond donors (Lipinski definition) is 1. The van der Waals surface area contributed by atoms with E-state index in [0.29, 0.717) is 24.7 Å². The van der Waals surface area contributed by atoms with Crippen molar-refractivity contribution >= 4 is 5.69 Å². The van der Waals surface area contributed by atoms with Crippen molar-refractivity contribution in [1.82, 2.24) is 0 Å². The lowest BCUT2D eigenvalue weighted by Crippen LogP contribution is -2.01. The van der Waals surface area contributed by atoms with Crippen LogP contribution in [0.4, 0.5) is 5.69 Å². The molecule has 0 aliphatic heterocycles. The van der Waals surface area contributed by atoms with Crippen LogP contribution in [0.2, 0.25) is 0 Å². The smallest absolute Gasteiger partial charge is 0.161 e. The zero-order valence-corrected chi connectivity index (χ0v) is 15.4. The summed E-state index contributed by atoms with van der Waals surface area (Å²) in [6, 6.07) is 23.5. The molecule has 0 aliphatic rings. The molecule has 138 valence electrons. The van der Waals surface area contributed by atoms with E-state index < -0.39 is 0 Å². The molecule has 0 fully saturated rings. The highest BCUT2D eigenvalue weighted by molar-refractivity contribution is 5.49. The number of benzene rings is 3. The molecule has 4 heteroatoms. The quantitative estimate of drug-likeness (QED) is 0.499. The summed E-state index contributed by atoms with van der Waals surface area (Å²) in [5, 5.41) is 3.40. The summed E-state index contributed by atoms with van der Waals surface area (Å²) in [5.74, 6) is 3.05. The molecule has 0 atom stereocenters. The molecular weight excluding hydrogens is 338 g/mol. The van der Waals surface area contributed by atoms with Gasteiger partial charge < -0.3 is 19.5 Å². The Hall–Kier alpha value is -3.40. The zero-order valence-electron chi connectivity index (χ0n) is 15.4. The van der Waals surface area contributed by atoms with Gasteiger partial charge in [-0.05, 0) is 54.1 Å². The molecule has 0 radical (unpaired) electrons. The molecule has 1 N–H and O–H groups in total. The van der Waals surface area contributed by atoms with Gasteiger partial charge in [0.15, 0.2) is 11.5 Å². The van der Waals surface area contributed by atoms with Gasteiger partial charge in [0, 0.05) is 12.2 Å². The van der Waals surface area contributed by atoms with Crippen LogP contribution in [0.25, 0.3) is 0 Å². The summed E-state index contributed by atoms with van der Waals surface area (Å²) in [6.07, 6.45) is 1.71. The average molecular weight is 361 g/mol. The number of anilines is 1. The van der Waals surface area contributed by atoms with Crippen molar-refractivity contribution in [2.45, 2.75) is 6.54 Å². The van der Waals surface area contributed by atoms with Crippen LogP contribution in [-0.4, -0.2) is 13.7 Å². The molecule has 0 bridgehead atoms. The van der Waals surface area contributed by atoms with Crippen LogP contribution in [-0.2, 0) is 6.54 Å². The van der Waals surface area contributed by atoms with Crippen molar-refractivity contribution in [3.8, 4) is 23.0 Å². The third kappa shape index (κ3) is 5.28. The van der Waals surface area contributed by atoms with Gasteiger partial charge in [-0.3, -0.25) is 0 Å². The van der Waals surface area contributed by atoms with E-state index in [0.717, 1.165) is 22.7 Å². The predicted octanol–water partition coefficient (Wildman–Crippen LogP) is 5.66. The summed E-state index contributed by atoms with van der Waals surface area (Å²) >= 11 is 0. The molecule has 0 heterocycles. The first kappa shape index (κ1) is 18.4. The molecule has 3 aromatic carbocycles. The number of rotatable bonds is 9. The first-order chi connectivity index (χ1) is 13.3. The van der Waals surface area contributed by atoms with E-state index >= 15 is 0 Å². The van der Waals surface area contributed by atoms with Crippen molar-refractivity contribution in [1.29, 1.82) is 0 Å². The highest BCUT2D eigenvalue weighted by Crippen LogP contribution is 2.28. The second-order valence-corrected chi connectivity index (χ2v) is 5.88. The summed E-state index contributed by atoms with van der Waals surface area (Å²) in [4.78, 5) is 0. The summed E-state index contributed by atoms with van der Waals surface area (Å²) < 4.78 is 16.8. The van der Waals surface area contributed by atoms with Gasteiger partial charge in [0.25, 0.3) is 0 Å². The van der Waals surface area contributed by atoms with E-state index in [4.69, 9.17) is 14.2 Å². The predicted molar refractivity (Wildman–Crippen MR) is 109 cm³/mol. The summed E-state index contributed by atoms with van der Waals surface area (Å²) in [6.45, 7) is 4.78. The van der Waals surface area contributed by atoms with Crippen LogP contribution in [0.15, 0.2) is 85.5 Å². The molecule has 27 heavy (non-hydrogen) atoms. The highest BCUT2D eigenvalue weighted by atomic mass is 16.5. The van der Waals surface area contributed by atoms with Crippen LogP contribution < -0.4 is 19.5 Å². The molecule has 0 unspecified atom stereocenters. The number of ether oxygens (including phenoxy) is 3. The Bertz CT molecular complexity index is 861. The third-order valence-electron chi connectivity index (χ3n) is 3.91. The lowest BCUT2D eigenvalue weighted by atomic mass is 10.2. The van der Waals surface area contributed by atoms with Gasteiger partial charge in [0.2, 0.25) is 0 Å². The monoisotopic (exact) mass is 361 g/mol. The molecule has 0 saturated heterocycles. The maximum absolute atomic E-state index is 5.81. The Morgan fingerprint density at radius 1 is 0.889 bits per heavy atom. The van der Waals surface area contributed by atoms with Gasteiger partial charge in [-0.2, -0.15) is 0 Å². The fraction of sp³-hybridized carbons (Fsp3) is 0.130. The largest absolute Gasteiger partial charge is 0.493 e. The first-order valence-corrected chi connectivity index (χ1v) is 8.76. The Labute approximate surface area is 160 Å². The van der Waals surface area contributed by atoms with Crippen molar-refractivity contribution in [2.24, 2.45) is 0 Å². The molecular formula is C23H23NO3. The van der Waals surface area contributed by atoms with Crippen molar-refractivity contribution in [3.05, 3.63) is 91.0 Å². The summed E-state index contributed by atoms with van der Waals surface area (Å²) in [5.41, 5.74) is 2.11. The van der Waals surface area contributed by atoms with Crippen LogP contribution >= 0.6 is 0 Å². The minimum absolute atomic E-state index is 0.450. The second kappa shape index (κ2) is 9.34. The molecule has 4 nitrogen and oxygen atoms in total. The van der Waals surface area contributed by atoms with E-state index in [-0.39, 0.29) is 0 Å². The fourth-order valence-corrected chi connectivity index (χ4v) is 2.56. The van der Waals surface area contributed by atoms with E-state index in [1.165, 1.54) is 0 Å². The lowest BCUT2D eigenvalue weighted by Gasteiger charge is -2.12. The van der Waals surface area contributed by atoms with E-state index in [2.05, 4.69) is 11.9 Å². The zero-order chi connectivity index (χ0) is 18.9. The Kier molecular flexibility index (Phi) is 6.36. The van der Waals surface area contributed by atoms with Gasteiger partial charge in [-0.1, -0.05) is 36.9 Å². The third-order valence-corrected chi connectivity index (χ3v) is 3.91. The molecule has 0 saturated carbocycles. The first-order valence-electron chi connectivity index (χ1n) is 8.76. The molecule has 0 aliphatic carbocycles. The van der Waals surface area contributed by atoms with Gasteiger partial charge in [0.1, 0.15) is 18.1 Å². The van der Waals surface area contributed by atoms with E-state index in [1.807, 2.05) is 72.8 Å². The molecule has 0 spiro atoms. The van der Waals surface area contributed by atoms with Crippen LogP contribution in [0, 0.1) is 0 Å². The average Bonchev–Trinajstić information content (AvgIpc) is 2.72. The van der Waals surface area contributed by atoms with Crippen molar-refractivity contribution in [3.63, 3.8) is 0 Å². The Balaban J connectivity index is 1.58. The van der Waals surface area contributed by atoms with Gasteiger partial charge in [-0.25, -0.2) is 0 Å². The lowest BCUT2D eigenvalue weighted by molar-refractivity contribution is 0.326. The number of hydrogen-bond acceptors (Lipinski definition) is 4. The molecule has 3 aromatic rings. The SMILES string of the molecule is C=CCOc1ccc(CNc2ccc(Oc3ccccc3)cc2)cc1OC. The topological polar surface area (TPSA) is 39.7 Å². The van der Waals surface area contributed by atoms with Gasteiger partial charge in [-0.15, -0.1) is 0 Å². The van der Waals surface area contributed by atoms with Crippen molar-refractivity contribution in [2.75, 3.05) is 19.0 Å². The Morgan fingerprint density at radius 3 is 2.33 bits per heavy atom. The van der Waals surface area contributed by atoms with Gasteiger partial charge in [0.05, 0.1) is 7.11 Å². The standard InChI is InChI=1S/C23H23NO3/c1-3-15-26-22-14-9-18(16-23(22)25-2)17-24-19-10-12-21(13-11-19)27-20-7-5-4-6-8-20/h3-14,16,24H,1,15,17H2,2H3. The van der Waals surface area contributed by atoms with E-state index in [9.17, 15) is 0 Å². The van der Waals surface area contributed by atoms with Crippen LogP contribution in [0.1, 0.15) is 5.56 Å². The minimum Gasteiger partial charge on any atom is -0.493 e.